The lowest BCUT2D eigenvalue weighted by Gasteiger charge is -1.97. The summed E-state index contributed by atoms with van der Waals surface area (Å²) in [5.74, 6) is -1.08. The van der Waals surface area contributed by atoms with Gasteiger partial charge >= 0.3 is 5.97 Å². The third-order valence-electron chi connectivity index (χ3n) is 2.99. The van der Waals surface area contributed by atoms with Crippen LogP contribution in [-0.2, 0) is 7.05 Å². The third kappa shape index (κ3) is 2.62. The molecule has 7 nitrogen and oxygen atoms in total. The molecule has 0 bridgehead atoms. The van der Waals surface area contributed by atoms with Crippen LogP contribution in [0.1, 0.15) is 21.7 Å². The number of aromatic carboxylic acids is 1. The van der Waals surface area contributed by atoms with Gasteiger partial charge in [-0.3, -0.25) is 0 Å². The summed E-state index contributed by atoms with van der Waals surface area (Å²) in [6, 6.07) is 7.18. The van der Waals surface area contributed by atoms with Crippen molar-refractivity contribution in [2.75, 3.05) is 0 Å². The monoisotopic (exact) mass is 281 g/mol. The van der Waals surface area contributed by atoms with Crippen LogP contribution >= 0.6 is 0 Å². The molecule has 0 aliphatic carbocycles. The third-order valence-corrected chi connectivity index (χ3v) is 2.99. The summed E-state index contributed by atoms with van der Waals surface area (Å²) >= 11 is 0. The molecule has 0 aliphatic heterocycles. The van der Waals surface area contributed by atoms with Crippen LogP contribution in [0.3, 0.4) is 0 Å². The predicted molar refractivity (Wildman–Crippen MR) is 76.4 cm³/mol. The summed E-state index contributed by atoms with van der Waals surface area (Å²) in [4.78, 5) is 18.5. The number of nitrogens with zero attached hydrogens (tertiary/aromatic N) is 5. The Kier molecular flexibility index (Phi) is 3.15. The van der Waals surface area contributed by atoms with Gasteiger partial charge in [0, 0.05) is 7.05 Å². The summed E-state index contributed by atoms with van der Waals surface area (Å²) in [5, 5.41) is 16.9. The fourth-order valence-corrected chi connectivity index (χ4v) is 1.92. The smallest absolute Gasteiger partial charge is 0.354 e. The molecule has 0 spiro atoms. The van der Waals surface area contributed by atoms with Crippen molar-refractivity contribution >= 4 is 29.2 Å². The summed E-state index contributed by atoms with van der Waals surface area (Å²) in [5.41, 5.74) is 3.17. The molecule has 3 aromatic rings. The number of carboxylic acid groups (broad SMARTS) is 1. The molecular formula is C14H11N5O2. The molecular weight excluding hydrogens is 270 g/mol. The van der Waals surface area contributed by atoms with Gasteiger partial charge in [-0.25, -0.2) is 19.4 Å². The highest BCUT2D eigenvalue weighted by Crippen LogP contribution is 2.14. The van der Waals surface area contributed by atoms with E-state index in [4.69, 9.17) is 5.11 Å². The Morgan fingerprint density at radius 3 is 2.90 bits per heavy atom. The van der Waals surface area contributed by atoms with E-state index in [-0.39, 0.29) is 5.69 Å². The molecule has 1 N–H and O–H groups in total. The maximum absolute atomic E-state index is 10.8. The minimum atomic E-state index is -1.08. The van der Waals surface area contributed by atoms with Gasteiger partial charge in [0.25, 0.3) is 0 Å². The number of hydrogen-bond donors (Lipinski definition) is 1. The first-order chi connectivity index (χ1) is 10.1. The van der Waals surface area contributed by atoms with Gasteiger partial charge in [0.2, 0.25) is 0 Å². The van der Waals surface area contributed by atoms with Crippen molar-refractivity contribution in [1.82, 2.24) is 25.0 Å². The summed E-state index contributed by atoms with van der Waals surface area (Å²) in [6.07, 6.45) is 4.79. The maximum atomic E-state index is 10.8. The van der Waals surface area contributed by atoms with E-state index in [0.29, 0.717) is 5.69 Å². The second kappa shape index (κ2) is 5.12. The summed E-state index contributed by atoms with van der Waals surface area (Å²) < 4.78 is 1.70. The highest BCUT2D eigenvalue weighted by Gasteiger charge is 2.04. The van der Waals surface area contributed by atoms with E-state index in [1.165, 1.54) is 12.4 Å². The zero-order valence-corrected chi connectivity index (χ0v) is 11.1. The Labute approximate surface area is 119 Å². The zero-order chi connectivity index (χ0) is 14.8. The average Bonchev–Trinajstić information content (AvgIpc) is 2.86. The number of carboxylic acids is 1. The van der Waals surface area contributed by atoms with Crippen molar-refractivity contribution < 1.29 is 9.90 Å². The molecule has 7 heteroatoms. The Hall–Kier alpha value is -3.09. The van der Waals surface area contributed by atoms with E-state index in [1.54, 1.807) is 10.8 Å². The van der Waals surface area contributed by atoms with Gasteiger partial charge in [-0.15, -0.1) is 5.10 Å². The van der Waals surface area contributed by atoms with Crippen LogP contribution in [0, 0.1) is 0 Å². The number of benzene rings is 1. The molecule has 0 saturated heterocycles. The first-order valence-electron chi connectivity index (χ1n) is 6.16. The van der Waals surface area contributed by atoms with Crippen molar-refractivity contribution in [3.8, 4) is 0 Å². The Balaban J connectivity index is 1.90. The highest BCUT2D eigenvalue weighted by atomic mass is 16.4. The minimum absolute atomic E-state index is 0.0333. The van der Waals surface area contributed by atoms with Gasteiger partial charge in [-0.05, 0) is 29.8 Å². The lowest BCUT2D eigenvalue weighted by molar-refractivity contribution is 0.0690. The second-order valence-corrected chi connectivity index (χ2v) is 4.43. The van der Waals surface area contributed by atoms with Gasteiger partial charge in [-0.1, -0.05) is 17.4 Å². The molecule has 0 atom stereocenters. The van der Waals surface area contributed by atoms with Crippen LogP contribution < -0.4 is 0 Å². The standard InChI is InChI=1S/C14H11N5O2/c1-19-13-5-3-9(6-11(13)17-18-19)2-4-10-7-12(14(20)21)16-8-15-10/h2-8H,1H3,(H,20,21). The number of carbonyl (C=O) groups is 1. The molecule has 0 amide bonds. The minimum Gasteiger partial charge on any atom is -0.477 e. The van der Waals surface area contributed by atoms with E-state index >= 15 is 0 Å². The quantitative estimate of drug-likeness (QED) is 0.784. The van der Waals surface area contributed by atoms with Gasteiger partial charge in [0.1, 0.15) is 11.8 Å². The largest absolute Gasteiger partial charge is 0.477 e. The Morgan fingerprint density at radius 1 is 1.24 bits per heavy atom. The summed E-state index contributed by atoms with van der Waals surface area (Å²) in [6.45, 7) is 0. The maximum Gasteiger partial charge on any atom is 0.354 e. The van der Waals surface area contributed by atoms with Crippen LogP contribution in [0.4, 0.5) is 0 Å². The SMILES string of the molecule is Cn1nnc2cc(C=Cc3cc(C(=O)O)ncn3)ccc21. The van der Waals surface area contributed by atoms with Crippen LogP contribution in [0.5, 0.6) is 0 Å². The first kappa shape index (κ1) is 12.9. The van der Waals surface area contributed by atoms with Gasteiger partial charge in [0.15, 0.2) is 5.69 Å². The lowest BCUT2D eigenvalue weighted by atomic mass is 10.1. The van der Waals surface area contributed by atoms with E-state index in [0.717, 1.165) is 16.6 Å². The summed E-state index contributed by atoms with van der Waals surface area (Å²) in [7, 11) is 1.83. The normalized spacial score (nSPS) is 11.3. The van der Waals surface area contributed by atoms with E-state index < -0.39 is 5.97 Å². The molecule has 0 radical (unpaired) electrons. The number of rotatable bonds is 3. The van der Waals surface area contributed by atoms with Crippen molar-refractivity contribution in [3.05, 3.63) is 47.5 Å². The van der Waals surface area contributed by atoms with E-state index in [2.05, 4.69) is 20.3 Å². The molecule has 0 aliphatic rings. The fourth-order valence-electron chi connectivity index (χ4n) is 1.92. The van der Waals surface area contributed by atoms with Crippen LogP contribution in [0.15, 0.2) is 30.6 Å². The van der Waals surface area contributed by atoms with Crippen molar-refractivity contribution in [3.63, 3.8) is 0 Å². The lowest BCUT2D eigenvalue weighted by Crippen LogP contribution is -2.00. The molecule has 0 saturated carbocycles. The zero-order valence-electron chi connectivity index (χ0n) is 11.1. The van der Waals surface area contributed by atoms with Gasteiger partial charge in [0.05, 0.1) is 11.2 Å². The van der Waals surface area contributed by atoms with Crippen LogP contribution in [0.2, 0.25) is 0 Å². The molecule has 104 valence electrons. The van der Waals surface area contributed by atoms with Gasteiger partial charge in [-0.2, -0.15) is 0 Å². The Bertz CT molecular complexity index is 853. The van der Waals surface area contributed by atoms with Crippen molar-refractivity contribution in [2.24, 2.45) is 7.05 Å². The fraction of sp³-hybridized carbons (Fsp3) is 0.0714. The molecule has 0 fully saturated rings. The molecule has 0 unspecified atom stereocenters. The van der Waals surface area contributed by atoms with E-state index in [1.807, 2.05) is 31.3 Å². The van der Waals surface area contributed by atoms with Crippen LogP contribution in [0.25, 0.3) is 23.2 Å². The number of hydrogen-bond acceptors (Lipinski definition) is 5. The molecule has 21 heavy (non-hydrogen) atoms. The highest BCUT2D eigenvalue weighted by molar-refractivity contribution is 5.86. The molecule has 3 rings (SSSR count). The van der Waals surface area contributed by atoms with Crippen molar-refractivity contribution in [1.29, 1.82) is 0 Å². The predicted octanol–water partition coefficient (Wildman–Crippen LogP) is 1.63. The average molecular weight is 281 g/mol. The second-order valence-electron chi connectivity index (χ2n) is 4.43. The molecule has 2 heterocycles. The first-order valence-corrected chi connectivity index (χ1v) is 6.16. The van der Waals surface area contributed by atoms with Crippen molar-refractivity contribution in [2.45, 2.75) is 0 Å². The number of fused-ring (bicyclic) bond motifs is 1. The van der Waals surface area contributed by atoms with E-state index in [9.17, 15) is 4.79 Å². The van der Waals surface area contributed by atoms with Crippen LogP contribution in [-0.4, -0.2) is 36.0 Å². The molecule has 1 aromatic carbocycles. The topological polar surface area (TPSA) is 93.8 Å². The number of aryl methyl sites for hydroxylation is 1. The molecule has 2 aromatic heterocycles. The number of aromatic nitrogens is 5. The van der Waals surface area contributed by atoms with Gasteiger partial charge < -0.3 is 5.11 Å². The Morgan fingerprint density at radius 2 is 2.10 bits per heavy atom.